The average molecular weight is 192 g/mol. The lowest BCUT2D eigenvalue weighted by Crippen LogP contribution is -2.11. The van der Waals surface area contributed by atoms with E-state index in [1.807, 2.05) is 0 Å². The number of aliphatic hydroxyl groups excluding tert-OH is 1. The van der Waals surface area contributed by atoms with Gasteiger partial charge in [0.05, 0.1) is 12.9 Å². The summed E-state index contributed by atoms with van der Waals surface area (Å²) < 4.78 is 11.9. The fraction of sp³-hybridized carbons (Fsp3) is 0.400. The van der Waals surface area contributed by atoms with Crippen LogP contribution in [0.15, 0.2) is 18.7 Å². The first-order valence-electron chi connectivity index (χ1n) is 3.19. The fourth-order valence-corrected chi connectivity index (χ4v) is 1.52. The molecule has 1 aromatic rings. The molecule has 0 aliphatic carbocycles. The van der Waals surface area contributed by atoms with E-state index in [0.29, 0.717) is 0 Å². The van der Waals surface area contributed by atoms with Crippen LogP contribution in [-0.4, -0.2) is 31.1 Å². The van der Waals surface area contributed by atoms with Crippen LogP contribution >= 0.6 is 7.60 Å². The van der Waals surface area contributed by atoms with Crippen molar-refractivity contribution in [2.75, 3.05) is 6.61 Å². The lowest BCUT2D eigenvalue weighted by molar-refractivity contribution is 0.237. The minimum absolute atomic E-state index is 0.610. The van der Waals surface area contributed by atoms with Gasteiger partial charge in [-0.2, -0.15) is 0 Å². The molecule has 1 heterocycles. The third-order valence-corrected chi connectivity index (χ3v) is 2.63. The van der Waals surface area contributed by atoms with Crippen molar-refractivity contribution in [3.63, 3.8) is 0 Å². The summed E-state index contributed by atoms with van der Waals surface area (Å²) in [5.41, 5.74) is 0. The molecule has 0 amide bonds. The van der Waals surface area contributed by atoms with Crippen molar-refractivity contribution in [1.29, 1.82) is 0 Å². The Morgan fingerprint density at radius 1 is 1.58 bits per heavy atom. The summed E-state index contributed by atoms with van der Waals surface area (Å²) >= 11 is 0. The Kier molecular flexibility index (Phi) is 2.64. The van der Waals surface area contributed by atoms with Gasteiger partial charge in [-0.3, -0.25) is 4.57 Å². The van der Waals surface area contributed by atoms with E-state index < -0.39 is 20.0 Å². The van der Waals surface area contributed by atoms with Crippen molar-refractivity contribution < 1.29 is 19.5 Å². The molecule has 0 aromatic carbocycles. The third kappa shape index (κ3) is 1.92. The van der Waals surface area contributed by atoms with E-state index in [1.54, 1.807) is 0 Å². The van der Waals surface area contributed by atoms with Gasteiger partial charge in [0.2, 0.25) is 0 Å². The van der Waals surface area contributed by atoms with Crippen LogP contribution in [0.25, 0.3) is 0 Å². The fourth-order valence-electron chi connectivity index (χ4n) is 0.820. The zero-order chi connectivity index (χ0) is 9.19. The van der Waals surface area contributed by atoms with Crippen molar-refractivity contribution in [1.82, 2.24) is 9.55 Å². The first kappa shape index (κ1) is 9.41. The molecule has 0 aliphatic rings. The highest BCUT2D eigenvalue weighted by atomic mass is 31.2. The standard InChI is InChI=1S/C5H9N2O4P/c8-3-5(12(9,10)11)7-2-1-6-4-7/h1-2,4-5,8H,3H2,(H2,9,10,11). The highest BCUT2D eigenvalue weighted by molar-refractivity contribution is 7.51. The molecule has 1 aromatic heterocycles. The van der Waals surface area contributed by atoms with E-state index in [9.17, 15) is 4.57 Å². The molecule has 1 rings (SSSR count). The van der Waals surface area contributed by atoms with Crippen molar-refractivity contribution in [2.24, 2.45) is 0 Å². The number of imidazole rings is 1. The topological polar surface area (TPSA) is 95.6 Å². The Morgan fingerprint density at radius 3 is 2.58 bits per heavy atom. The molecular weight excluding hydrogens is 183 g/mol. The molecule has 12 heavy (non-hydrogen) atoms. The Bertz CT molecular complexity index is 280. The van der Waals surface area contributed by atoms with E-state index >= 15 is 0 Å². The first-order valence-corrected chi connectivity index (χ1v) is 4.87. The maximum Gasteiger partial charge on any atom is 0.350 e. The van der Waals surface area contributed by atoms with Crippen LogP contribution in [0.3, 0.4) is 0 Å². The summed E-state index contributed by atoms with van der Waals surface area (Å²) in [5.74, 6) is -1.22. The molecule has 0 radical (unpaired) electrons. The summed E-state index contributed by atoms with van der Waals surface area (Å²) in [6, 6.07) is 0. The number of nitrogens with zero attached hydrogens (tertiary/aromatic N) is 2. The molecule has 0 fully saturated rings. The second-order valence-electron chi connectivity index (χ2n) is 2.26. The molecular formula is C5H9N2O4P. The van der Waals surface area contributed by atoms with E-state index in [1.165, 1.54) is 23.3 Å². The van der Waals surface area contributed by atoms with Gasteiger partial charge in [0, 0.05) is 12.4 Å². The van der Waals surface area contributed by atoms with E-state index in [2.05, 4.69) is 4.98 Å². The van der Waals surface area contributed by atoms with Gasteiger partial charge in [-0.05, 0) is 0 Å². The van der Waals surface area contributed by atoms with Crippen LogP contribution in [0.1, 0.15) is 5.78 Å². The van der Waals surface area contributed by atoms with Crippen LogP contribution in [0.5, 0.6) is 0 Å². The maximum atomic E-state index is 10.7. The van der Waals surface area contributed by atoms with Gasteiger partial charge in [-0.1, -0.05) is 0 Å². The zero-order valence-electron chi connectivity index (χ0n) is 6.11. The first-order chi connectivity index (χ1) is 5.55. The summed E-state index contributed by atoms with van der Waals surface area (Å²) in [5, 5.41) is 8.69. The third-order valence-electron chi connectivity index (χ3n) is 1.42. The van der Waals surface area contributed by atoms with Gasteiger partial charge in [0.25, 0.3) is 0 Å². The Labute approximate surface area is 68.6 Å². The largest absolute Gasteiger partial charge is 0.394 e. The van der Waals surface area contributed by atoms with E-state index in [-0.39, 0.29) is 0 Å². The van der Waals surface area contributed by atoms with Crippen LogP contribution in [0.2, 0.25) is 0 Å². The number of rotatable bonds is 3. The zero-order valence-corrected chi connectivity index (χ0v) is 7.00. The number of aliphatic hydroxyl groups is 1. The Balaban J connectivity index is 2.92. The average Bonchev–Trinajstić information content (AvgIpc) is 2.38. The predicted octanol–water partition coefficient (Wildman–Crippen LogP) is -0.448. The molecule has 0 aliphatic heterocycles. The molecule has 0 spiro atoms. The highest BCUT2D eigenvalue weighted by Crippen LogP contribution is 2.48. The molecule has 1 atom stereocenters. The van der Waals surface area contributed by atoms with Gasteiger partial charge >= 0.3 is 7.60 Å². The van der Waals surface area contributed by atoms with Gasteiger partial charge in [0.15, 0.2) is 5.78 Å². The van der Waals surface area contributed by atoms with Gasteiger partial charge in [0.1, 0.15) is 0 Å². The van der Waals surface area contributed by atoms with Crippen molar-refractivity contribution in [3.05, 3.63) is 18.7 Å². The Morgan fingerprint density at radius 2 is 2.25 bits per heavy atom. The molecule has 0 saturated carbocycles. The molecule has 1 unspecified atom stereocenters. The SMILES string of the molecule is O=P(O)(O)C(CO)n1ccnc1. The number of aromatic nitrogens is 2. The molecule has 0 saturated heterocycles. The van der Waals surface area contributed by atoms with Crippen molar-refractivity contribution in [2.45, 2.75) is 5.78 Å². The summed E-state index contributed by atoms with van der Waals surface area (Å²) in [4.78, 5) is 21.1. The minimum atomic E-state index is -4.29. The quantitative estimate of drug-likeness (QED) is 0.564. The van der Waals surface area contributed by atoms with Crippen LogP contribution < -0.4 is 0 Å². The van der Waals surface area contributed by atoms with Crippen molar-refractivity contribution in [3.8, 4) is 0 Å². The molecule has 0 bridgehead atoms. The number of hydrogen-bond donors (Lipinski definition) is 3. The summed E-state index contributed by atoms with van der Waals surface area (Å²) in [7, 11) is -4.29. The normalized spacial score (nSPS) is 14.6. The lowest BCUT2D eigenvalue weighted by Gasteiger charge is -2.16. The second kappa shape index (κ2) is 3.37. The highest BCUT2D eigenvalue weighted by Gasteiger charge is 2.29. The Hall–Kier alpha value is -0.680. The summed E-state index contributed by atoms with van der Waals surface area (Å²) in [6.07, 6.45) is 4.03. The lowest BCUT2D eigenvalue weighted by atomic mass is 10.6. The van der Waals surface area contributed by atoms with E-state index in [4.69, 9.17) is 14.9 Å². The second-order valence-corrected chi connectivity index (χ2v) is 4.04. The molecule has 68 valence electrons. The maximum absolute atomic E-state index is 10.7. The van der Waals surface area contributed by atoms with Crippen LogP contribution in [0.4, 0.5) is 0 Å². The van der Waals surface area contributed by atoms with E-state index in [0.717, 1.165) is 0 Å². The van der Waals surface area contributed by atoms with Crippen LogP contribution in [-0.2, 0) is 4.57 Å². The molecule has 3 N–H and O–H groups in total. The molecule has 6 nitrogen and oxygen atoms in total. The summed E-state index contributed by atoms with van der Waals surface area (Å²) in [6.45, 7) is -0.610. The van der Waals surface area contributed by atoms with Gasteiger partial charge in [-0.15, -0.1) is 0 Å². The van der Waals surface area contributed by atoms with Crippen LogP contribution in [0, 0.1) is 0 Å². The van der Waals surface area contributed by atoms with Gasteiger partial charge in [-0.25, -0.2) is 4.98 Å². The predicted molar refractivity (Wildman–Crippen MR) is 40.4 cm³/mol. The smallest absolute Gasteiger partial charge is 0.350 e. The van der Waals surface area contributed by atoms with Crippen molar-refractivity contribution >= 4 is 7.60 Å². The van der Waals surface area contributed by atoms with Gasteiger partial charge < -0.3 is 19.5 Å². The monoisotopic (exact) mass is 192 g/mol. The molecule has 7 heteroatoms. The minimum Gasteiger partial charge on any atom is -0.394 e. The number of hydrogen-bond acceptors (Lipinski definition) is 3.